The molecule has 0 radical (unpaired) electrons. The number of aromatic nitrogens is 2. The second-order valence-electron chi connectivity index (χ2n) is 8.79. The molecule has 0 aliphatic carbocycles. The second-order valence-corrected chi connectivity index (χ2v) is 11.8. The molecular weight excluding hydrogens is 528 g/mol. The molecule has 0 saturated carbocycles. The smallest absolute Gasteiger partial charge is 0.167 e. The van der Waals surface area contributed by atoms with Crippen LogP contribution < -0.4 is 15.4 Å². The number of nitrogen functional groups attached to an aromatic ring is 1. The molecule has 0 unspecified atom stereocenters. The van der Waals surface area contributed by atoms with E-state index in [0.29, 0.717) is 30.0 Å². The Labute approximate surface area is 218 Å². The van der Waals surface area contributed by atoms with Gasteiger partial charge in [0.15, 0.2) is 11.6 Å². The molecule has 36 heavy (non-hydrogen) atoms. The largest absolute Gasteiger partial charge is 0.483 e. The van der Waals surface area contributed by atoms with E-state index in [0.717, 1.165) is 6.07 Å². The van der Waals surface area contributed by atoms with Crippen LogP contribution in [0.5, 0.6) is 5.75 Å². The summed E-state index contributed by atoms with van der Waals surface area (Å²) in [6.07, 6.45) is 4.91. The maximum Gasteiger partial charge on any atom is 0.167 e. The van der Waals surface area contributed by atoms with Crippen LogP contribution in [0.4, 0.5) is 15.9 Å². The van der Waals surface area contributed by atoms with E-state index in [1.54, 1.807) is 19.1 Å². The van der Waals surface area contributed by atoms with E-state index in [1.165, 1.54) is 30.9 Å². The van der Waals surface area contributed by atoms with E-state index in [9.17, 15) is 12.8 Å². The Bertz CT molecular complexity index is 1390. The van der Waals surface area contributed by atoms with Gasteiger partial charge in [0.2, 0.25) is 0 Å². The number of hydrogen-bond donors (Lipinski definition) is 2. The molecule has 1 aliphatic rings. The summed E-state index contributed by atoms with van der Waals surface area (Å²) in [5.74, 6) is 0.122. The molecule has 4 rings (SSSR count). The van der Waals surface area contributed by atoms with Gasteiger partial charge in [-0.2, -0.15) is 0 Å². The average molecular weight is 552 g/mol. The molecular formula is C24H24Cl2FN5O3S. The van der Waals surface area contributed by atoms with Gasteiger partial charge < -0.3 is 15.4 Å². The summed E-state index contributed by atoms with van der Waals surface area (Å²) in [5, 5.41) is 9.21. The fourth-order valence-corrected chi connectivity index (χ4v) is 5.84. The maximum atomic E-state index is 14.7. The molecule has 1 aromatic carbocycles. The van der Waals surface area contributed by atoms with Crippen molar-refractivity contribution in [3.8, 4) is 5.75 Å². The predicted octanol–water partition coefficient (Wildman–Crippen LogP) is 4.54. The number of hydrogen-bond acceptors (Lipinski definition) is 8. The van der Waals surface area contributed by atoms with Crippen LogP contribution in [0.2, 0.25) is 10.0 Å². The highest BCUT2D eigenvalue weighted by Gasteiger charge is 2.30. The lowest BCUT2D eigenvalue weighted by Crippen LogP contribution is -2.49. The number of anilines is 2. The first kappa shape index (κ1) is 26.1. The zero-order valence-corrected chi connectivity index (χ0v) is 21.8. The minimum absolute atomic E-state index is 0.0441. The minimum Gasteiger partial charge on any atom is -0.483 e. The van der Waals surface area contributed by atoms with Crippen LogP contribution >= 0.6 is 23.2 Å². The number of sulfone groups is 1. The van der Waals surface area contributed by atoms with Gasteiger partial charge in [-0.3, -0.25) is 10.4 Å². The van der Waals surface area contributed by atoms with Crippen molar-refractivity contribution in [3.63, 3.8) is 0 Å². The summed E-state index contributed by atoms with van der Waals surface area (Å²) >= 11 is 12.4. The lowest BCUT2D eigenvalue weighted by atomic mass is 10.0. The SMILES string of the molecule is C[C@@H](Oc1cc(C(=N)c2ccc(N3CC(CS(C)(=O)=O)C3)nc2)c(N)cc1F)c1c(Cl)cncc1Cl. The van der Waals surface area contributed by atoms with Crippen molar-refractivity contribution >= 4 is 50.3 Å². The normalized spacial score (nSPS) is 14.9. The predicted molar refractivity (Wildman–Crippen MR) is 140 cm³/mol. The third kappa shape index (κ3) is 5.71. The molecule has 3 N–H and O–H groups in total. The molecule has 0 bridgehead atoms. The van der Waals surface area contributed by atoms with E-state index >= 15 is 0 Å². The zero-order valence-electron chi connectivity index (χ0n) is 19.5. The summed E-state index contributed by atoms with van der Waals surface area (Å²) in [4.78, 5) is 10.3. The fraction of sp³-hybridized carbons (Fsp3) is 0.292. The third-order valence-electron chi connectivity index (χ3n) is 5.83. The number of rotatable bonds is 8. The molecule has 1 atom stereocenters. The molecule has 1 fully saturated rings. The van der Waals surface area contributed by atoms with Gasteiger partial charge in [0.05, 0.1) is 21.5 Å². The van der Waals surface area contributed by atoms with Gasteiger partial charge in [-0.1, -0.05) is 23.2 Å². The highest BCUT2D eigenvalue weighted by molar-refractivity contribution is 7.90. The number of nitrogens with two attached hydrogens (primary N) is 1. The highest BCUT2D eigenvalue weighted by atomic mass is 35.5. The van der Waals surface area contributed by atoms with Crippen molar-refractivity contribution in [2.75, 3.05) is 35.7 Å². The van der Waals surface area contributed by atoms with Crippen molar-refractivity contribution in [1.29, 1.82) is 5.41 Å². The summed E-state index contributed by atoms with van der Waals surface area (Å²) < 4.78 is 43.4. The van der Waals surface area contributed by atoms with Crippen molar-refractivity contribution in [3.05, 3.63) is 75.4 Å². The Morgan fingerprint density at radius 3 is 2.50 bits per heavy atom. The van der Waals surface area contributed by atoms with Gasteiger partial charge in [-0.25, -0.2) is 17.8 Å². The number of benzene rings is 1. The first-order chi connectivity index (χ1) is 16.9. The molecule has 12 heteroatoms. The van der Waals surface area contributed by atoms with Gasteiger partial charge in [-0.05, 0) is 25.1 Å². The molecule has 2 aromatic heterocycles. The summed E-state index contributed by atoms with van der Waals surface area (Å²) in [5.41, 5.74) is 7.36. The number of nitrogens with zero attached hydrogens (tertiary/aromatic N) is 3. The van der Waals surface area contributed by atoms with E-state index in [-0.39, 0.29) is 44.4 Å². The lowest BCUT2D eigenvalue weighted by molar-refractivity contribution is 0.216. The van der Waals surface area contributed by atoms with Crippen LogP contribution in [0.15, 0.2) is 42.9 Å². The van der Waals surface area contributed by atoms with Crippen molar-refractivity contribution in [1.82, 2.24) is 9.97 Å². The second kappa shape index (κ2) is 10.2. The molecule has 0 amide bonds. The molecule has 3 aromatic rings. The van der Waals surface area contributed by atoms with Crippen molar-refractivity contribution in [2.45, 2.75) is 13.0 Å². The van der Waals surface area contributed by atoms with Gasteiger partial charge >= 0.3 is 0 Å². The van der Waals surface area contributed by atoms with Crippen LogP contribution in [0, 0.1) is 17.1 Å². The van der Waals surface area contributed by atoms with Gasteiger partial charge in [0.1, 0.15) is 21.8 Å². The van der Waals surface area contributed by atoms with Crippen LogP contribution in [-0.2, 0) is 9.84 Å². The van der Waals surface area contributed by atoms with E-state index in [4.69, 9.17) is 39.1 Å². The Kier molecular flexibility index (Phi) is 7.40. The third-order valence-corrected chi connectivity index (χ3v) is 7.51. The first-order valence-electron chi connectivity index (χ1n) is 11.0. The summed E-state index contributed by atoms with van der Waals surface area (Å²) in [6, 6.07) is 5.95. The lowest BCUT2D eigenvalue weighted by Gasteiger charge is -2.39. The van der Waals surface area contributed by atoms with Crippen molar-refractivity contribution < 1.29 is 17.5 Å². The molecule has 8 nitrogen and oxygen atoms in total. The first-order valence-corrected chi connectivity index (χ1v) is 13.8. The van der Waals surface area contributed by atoms with Crippen LogP contribution in [0.3, 0.4) is 0 Å². The molecule has 3 heterocycles. The molecule has 190 valence electrons. The maximum absolute atomic E-state index is 14.7. The summed E-state index contributed by atoms with van der Waals surface area (Å²) in [6.45, 7) is 2.88. The highest BCUT2D eigenvalue weighted by Crippen LogP contribution is 2.35. The standard InChI is InChI=1S/C24H24Cl2FN5O3S/c1-13(23-17(25)8-30-9-18(23)26)35-21-5-16(20(28)6-19(21)27)24(29)15-3-4-22(31-7-15)32-10-14(11-32)12-36(2,33)34/h3-9,13-14,29H,10-12,28H2,1-2H3/t13-/m1/s1. The van der Waals surface area contributed by atoms with Gasteiger partial charge in [-0.15, -0.1) is 0 Å². The number of ether oxygens (including phenoxy) is 1. The van der Waals surface area contributed by atoms with E-state index in [1.807, 2.05) is 4.90 Å². The topological polar surface area (TPSA) is 122 Å². The van der Waals surface area contributed by atoms with Gasteiger partial charge in [0.25, 0.3) is 0 Å². The van der Waals surface area contributed by atoms with Crippen molar-refractivity contribution in [2.24, 2.45) is 5.92 Å². The number of pyridine rings is 2. The van der Waals surface area contributed by atoms with Gasteiger partial charge in [0, 0.05) is 72.3 Å². The molecule has 1 aliphatic heterocycles. The van der Waals surface area contributed by atoms with Crippen LogP contribution in [0.1, 0.15) is 29.7 Å². The number of halogens is 3. The Hall–Kier alpha value is -2.95. The summed E-state index contributed by atoms with van der Waals surface area (Å²) in [7, 11) is -3.02. The average Bonchev–Trinajstić information content (AvgIpc) is 2.77. The Morgan fingerprint density at radius 1 is 1.25 bits per heavy atom. The Morgan fingerprint density at radius 2 is 1.92 bits per heavy atom. The van der Waals surface area contributed by atoms with E-state index in [2.05, 4.69) is 9.97 Å². The minimum atomic E-state index is -3.02. The van der Waals surface area contributed by atoms with Crippen LogP contribution in [0.25, 0.3) is 0 Å². The quantitative estimate of drug-likeness (QED) is 0.311. The van der Waals surface area contributed by atoms with E-state index < -0.39 is 21.8 Å². The van der Waals surface area contributed by atoms with Crippen LogP contribution in [-0.4, -0.2) is 49.2 Å². The Balaban J connectivity index is 1.50. The number of nitrogens with one attached hydrogen (secondary N) is 1. The zero-order chi connectivity index (χ0) is 26.2. The molecule has 0 spiro atoms. The molecule has 1 saturated heterocycles. The monoisotopic (exact) mass is 551 g/mol. The fourth-order valence-electron chi connectivity index (χ4n) is 4.10.